The van der Waals surface area contributed by atoms with E-state index in [1.165, 1.54) is 11.8 Å². The smallest absolute Gasteiger partial charge is 0.117 e. The highest BCUT2D eigenvalue weighted by atomic mass is 32.2. The Labute approximate surface area is 174 Å². The lowest BCUT2D eigenvalue weighted by molar-refractivity contribution is 0.0155. The van der Waals surface area contributed by atoms with E-state index in [4.69, 9.17) is 4.74 Å². The lowest BCUT2D eigenvalue weighted by Crippen LogP contribution is -2.20. The summed E-state index contributed by atoms with van der Waals surface area (Å²) in [5.41, 5.74) is 3.05. The Morgan fingerprint density at radius 3 is 2.10 bits per heavy atom. The van der Waals surface area contributed by atoms with Gasteiger partial charge in [-0.1, -0.05) is 78.9 Å². The first-order valence-corrected chi connectivity index (χ1v) is 10.5. The maximum Gasteiger partial charge on any atom is 0.117 e. The number of aromatic nitrogens is 2. The highest BCUT2D eigenvalue weighted by Gasteiger charge is 2.17. The van der Waals surface area contributed by atoms with Gasteiger partial charge >= 0.3 is 0 Å². The molecule has 4 rings (SSSR count). The highest BCUT2D eigenvalue weighted by molar-refractivity contribution is 7.99. The molecule has 0 spiro atoms. The molecule has 1 N–H and O–H groups in total. The van der Waals surface area contributed by atoms with Gasteiger partial charge in [0.1, 0.15) is 17.5 Å². The van der Waals surface area contributed by atoms with Gasteiger partial charge in [0.15, 0.2) is 0 Å². The highest BCUT2D eigenvalue weighted by Crippen LogP contribution is 2.27. The van der Waals surface area contributed by atoms with Crippen LogP contribution in [0.15, 0.2) is 96.3 Å². The minimum Gasteiger partial charge on any atom is -0.390 e. The molecule has 5 heteroatoms. The molecule has 0 aliphatic rings. The van der Waals surface area contributed by atoms with Gasteiger partial charge in [0.2, 0.25) is 0 Å². The normalized spacial score (nSPS) is 12.3. The maximum absolute atomic E-state index is 10.5. The summed E-state index contributed by atoms with van der Waals surface area (Å²) in [5, 5.41) is 12.4. The number of ether oxygens (including phenoxy) is 1. The van der Waals surface area contributed by atoms with Gasteiger partial charge < -0.3 is 9.84 Å². The van der Waals surface area contributed by atoms with E-state index in [2.05, 4.69) is 9.97 Å². The van der Waals surface area contributed by atoms with Gasteiger partial charge in [0, 0.05) is 11.1 Å². The van der Waals surface area contributed by atoms with Crippen molar-refractivity contribution in [2.75, 3.05) is 12.4 Å². The Bertz CT molecular complexity index is 999. The molecular weight excluding hydrogens is 380 g/mol. The van der Waals surface area contributed by atoms with Gasteiger partial charge in [-0.15, -0.1) is 11.8 Å². The molecule has 0 aliphatic carbocycles. The fourth-order valence-corrected chi connectivity index (χ4v) is 4.06. The van der Waals surface area contributed by atoms with Crippen LogP contribution in [0.3, 0.4) is 0 Å². The maximum atomic E-state index is 10.5. The fourth-order valence-electron chi connectivity index (χ4n) is 3.17. The van der Waals surface area contributed by atoms with Gasteiger partial charge in [-0.05, 0) is 17.2 Å². The van der Waals surface area contributed by atoms with E-state index >= 15 is 0 Å². The predicted octanol–water partition coefficient (Wildman–Crippen LogP) is 4.89. The molecule has 0 amide bonds. The average Bonchev–Trinajstić information content (AvgIpc) is 2.79. The van der Waals surface area contributed by atoms with E-state index in [-0.39, 0.29) is 12.7 Å². The summed E-state index contributed by atoms with van der Waals surface area (Å²) in [6.45, 7) is 0.241. The molecule has 1 aromatic heterocycles. The Hall–Kier alpha value is -2.73. The van der Waals surface area contributed by atoms with Crippen molar-refractivity contribution in [1.82, 2.24) is 9.97 Å². The molecule has 0 saturated carbocycles. The Balaban J connectivity index is 1.41. The second kappa shape index (κ2) is 9.65. The Kier molecular flexibility index (Phi) is 6.52. The van der Waals surface area contributed by atoms with Crippen molar-refractivity contribution >= 4 is 22.7 Å². The van der Waals surface area contributed by atoms with Crippen molar-refractivity contribution in [3.63, 3.8) is 0 Å². The Morgan fingerprint density at radius 2 is 1.41 bits per heavy atom. The SMILES string of the molecule is O[C@H](COC(c1ccccc1)c1ccccc1)CSc1ncnc2ccccc12. The monoisotopic (exact) mass is 402 g/mol. The third kappa shape index (κ3) is 5.01. The molecule has 0 unspecified atom stereocenters. The van der Waals surface area contributed by atoms with Crippen molar-refractivity contribution in [2.45, 2.75) is 17.2 Å². The van der Waals surface area contributed by atoms with Crippen LogP contribution in [-0.2, 0) is 4.74 Å². The van der Waals surface area contributed by atoms with Crippen LogP contribution in [0.25, 0.3) is 10.9 Å². The number of hydrogen-bond donors (Lipinski definition) is 1. The van der Waals surface area contributed by atoms with E-state index in [1.54, 1.807) is 6.33 Å². The second-order valence-electron chi connectivity index (χ2n) is 6.70. The molecule has 0 aliphatic heterocycles. The van der Waals surface area contributed by atoms with Crippen molar-refractivity contribution in [1.29, 1.82) is 0 Å². The summed E-state index contributed by atoms with van der Waals surface area (Å²) < 4.78 is 6.16. The number of nitrogens with zero attached hydrogens (tertiary/aromatic N) is 2. The standard InChI is InChI=1S/C24H22N2O2S/c27-20(16-29-24-21-13-7-8-14-22(21)25-17-26-24)15-28-23(18-9-3-1-4-10-18)19-11-5-2-6-12-19/h1-14,17,20,23,27H,15-16H2/t20-/m1/s1. The van der Waals surface area contributed by atoms with Gasteiger partial charge in [-0.25, -0.2) is 9.97 Å². The van der Waals surface area contributed by atoms with E-state index in [0.717, 1.165) is 27.1 Å². The molecule has 4 nitrogen and oxygen atoms in total. The number of para-hydroxylation sites is 1. The fraction of sp³-hybridized carbons (Fsp3) is 0.167. The number of aliphatic hydroxyl groups is 1. The van der Waals surface area contributed by atoms with Crippen LogP contribution in [-0.4, -0.2) is 33.5 Å². The molecule has 0 fully saturated rings. The summed E-state index contributed by atoms with van der Waals surface area (Å²) in [7, 11) is 0. The van der Waals surface area contributed by atoms with Crippen LogP contribution in [0.4, 0.5) is 0 Å². The molecule has 0 saturated heterocycles. The van der Waals surface area contributed by atoms with Gasteiger partial charge in [-0.3, -0.25) is 0 Å². The Morgan fingerprint density at radius 1 is 0.793 bits per heavy atom. The lowest BCUT2D eigenvalue weighted by Gasteiger charge is -2.21. The summed E-state index contributed by atoms with van der Waals surface area (Å²) >= 11 is 1.52. The van der Waals surface area contributed by atoms with Gasteiger partial charge in [-0.2, -0.15) is 0 Å². The molecule has 1 atom stereocenters. The van der Waals surface area contributed by atoms with Crippen molar-refractivity contribution in [3.05, 3.63) is 102 Å². The quantitative estimate of drug-likeness (QED) is 0.336. The first kappa shape index (κ1) is 19.6. The zero-order chi connectivity index (χ0) is 19.9. The third-order valence-corrected chi connectivity index (χ3v) is 5.73. The van der Waals surface area contributed by atoms with Crippen LogP contribution < -0.4 is 0 Å². The number of thioether (sulfide) groups is 1. The topological polar surface area (TPSA) is 55.2 Å². The molecular formula is C24H22N2O2S. The zero-order valence-corrected chi connectivity index (χ0v) is 16.7. The number of aliphatic hydroxyl groups excluding tert-OH is 1. The number of hydrogen-bond acceptors (Lipinski definition) is 5. The molecule has 0 bridgehead atoms. The predicted molar refractivity (Wildman–Crippen MR) is 117 cm³/mol. The summed E-state index contributed by atoms with van der Waals surface area (Å²) in [6, 6.07) is 28.1. The minimum atomic E-state index is -0.608. The largest absolute Gasteiger partial charge is 0.390 e. The first-order chi connectivity index (χ1) is 14.3. The van der Waals surface area contributed by atoms with Crippen molar-refractivity contribution < 1.29 is 9.84 Å². The summed E-state index contributed by atoms with van der Waals surface area (Å²) in [6.07, 6.45) is 0.745. The van der Waals surface area contributed by atoms with Crippen LogP contribution in [0.5, 0.6) is 0 Å². The molecule has 4 aromatic rings. The van der Waals surface area contributed by atoms with Crippen LogP contribution in [0.2, 0.25) is 0 Å². The molecule has 29 heavy (non-hydrogen) atoms. The minimum absolute atomic E-state index is 0.211. The first-order valence-electron chi connectivity index (χ1n) is 9.53. The van der Waals surface area contributed by atoms with Gasteiger partial charge in [0.25, 0.3) is 0 Å². The third-order valence-electron chi connectivity index (χ3n) is 4.58. The van der Waals surface area contributed by atoms with E-state index in [0.29, 0.717) is 5.75 Å². The van der Waals surface area contributed by atoms with E-state index in [9.17, 15) is 5.11 Å². The van der Waals surface area contributed by atoms with E-state index in [1.807, 2.05) is 84.9 Å². The molecule has 3 aromatic carbocycles. The van der Waals surface area contributed by atoms with E-state index < -0.39 is 6.10 Å². The molecule has 146 valence electrons. The second-order valence-corrected chi connectivity index (χ2v) is 7.70. The molecule has 1 heterocycles. The molecule has 0 radical (unpaired) electrons. The summed E-state index contributed by atoms with van der Waals surface area (Å²) in [4.78, 5) is 8.65. The number of fused-ring (bicyclic) bond motifs is 1. The van der Waals surface area contributed by atoms with Crippen LogP contribution in [0.1, 0.15) is 17.2 Å². The van der Waals surface area contributed by atoms with Gasteiger partial charge in [0.05, 0.1) is 18.2 Å². The van der Waals surface area contributed by atoms with Crippen LogP contribution >= 0.6 is 11.8 Å². The lowest BCUT2D eigenvalue weighted by atomic mass is 10.0. The average molecular weight is 403 g/mol. The zero-order valence-electron chi connectivity index (χ0n) is 15.9. The van der Waals surface area contributed by atoms with Crippen molar-refractivity contribution in [3.8, 4) is 0 Å². The number of rotatable bonds is 8. The summed E-state index contributed by atoms with van der Waals surface area (Å²) in [5.74, 6) is 0.497. The number of benzene rings is 3. The van der Waals surface area contributed by atoms with Crippen LogP contribution in [0, 0.1) is 0 Å². The van der Waals surface area contributed by atoms with Crippen molar-refractivity contribution in [2.24, 2.45) is 0 Å².